The Balaban J connectivity index is 3.15. The summed E-state index contributed by atoms with van der Waals surface area (Å²) in [5.41, 5.74) is 0. The molecule has 0 spiro atoms. The summed E-state index contributed by atoms with van der Waals surface area (Å²) < 4.78 is 5.19. The Morgan fingerprint density at radius 1 is 1.36 bits per heavy atom. The van der Waals surface area contributed by atoms with Crippen LogP contribution in [0.1, 0.15) is 40.0 Å². The Hall–Kier alpha value is -0.570. The van der Waals surface area contributed by atoms with Gasteiger partial charge in [-0.15, -0.1) is 0 Å². The van der Waals surface area contributed by atoms with Crippen LogP contribution in [0.2, 0.25) is 0 Å². The third-order valence-electron chi connectivity index (χ3n) is 1.84. The lowest BCUT2D eigenvalue weighted by molar-refractivity contribution is -0.121. The third kappa shape index (κ3) is 9.52. The van der Waals surface area contributed by atoms with Crippen LogP contribution in [0.25, 0.3) is 0 Å². The lowest BCUT2D eigenvalue weighted by Crippen LogP contribution is -2.25. The van der Waals surface area contributed by atoms with Gasteiger partial charge in [-0.25, -0.2) is 0 Å². The fourth-order valence-electron chi connectivity index (χ4n) is 1.14. The summed E-state index contributed by atoms with van der Waals surface area (Å²) in [4.78, 5) is 11.2. The summed E-state index contributed by atoms with van der Waals surface area (Å²) >= 11 is 0. The fraction of sp³-hybridized carbons (Fsp3) is 0.909. The van der Waals surface area contributed by atoms with Crippen molar-refractivity contribution in [1.29, 1.82) is 0 Å². The third-order valence-corrected chi connectivity index (χ3v) is 1.84. The normalized spacial score (nSPS) is 10.6. The van der Waals surface area contributed by atoms with Crippen LogP contribution in [-0.4, -0.2) is 25.7 Å². The molecule has 14 heavy (non-hydrogen) atoms. The number of nitrogens with one attached hydrogen (secondary N) is 1. The molecule has 1 N–H and O–H groups in total. The van der Waals surface area contributed by atoms with Crippen molar-refractivity contribution in [2.45, 2.75) is 40.0 Å². The van der Waals surface area contributed by atoms with E-state index in [2.05, 4.69) is 19.2 Å². The van der Waals surface area contributed by atoms with Crippen LogP contribution in [-0.2, 0) is 9.53 Å². The van der Waals surface area contributed by atoms with Crippen molar-refractivity contribution in [3.63, 3.8) is 0 Å². The maximum absolute atomic E-state index is 11.2. The molecule has 0 aliphatic heterocycles. The number of ether oxygens (including phenoxy) is 1. The molecule has 0 aliphatic carbocycles. The Morgan fingerprint density at radius 2 is 2.07 bits per heavy atom. The van der Waals surface area contributed by atoms with Crippen LogP contribution in [0.3, 0.4) is 0 Å². The molecule has 0 aromatic heterocycles. The SMILES string of the molecule is CCOCCCCNC(=O)CC(C)C. The maximum atomic E-state index is 11.2. The molecule has 0 bridgehead atoms. The van der Waals surface area contributed by atoms with Crippen molar-refractivity contribution in [1.82, 2.24) is 5.32 Å². The van der Waals surface area contributed by atoms with E-state index in [-0.39, 0.29) is 5.91 Å². The van der Waals surface area contributed by atoms with Crippen molar-refractivity contribution in [2.24, 2.45) is 5.92 Å². The number of carbonyl (C=O) groups is 1. The van der Waals surface area contributed by atoms with Gasteiger partial charge in [0.1, 0.15) is 0 Å². The van der Waals surface area contributed by atoms with Gasteiger partial charge in [0.15, 0.2) is 0 Å². The minimum absolute atomic E-state index is 0.163. The van der Waals surface area contributed by atoms with Gasteiger partial charge in [-0.3, -0.25) is 4.79 Å². The summed E-state index contributed by atoms with van der Waals surface area (Å²) in [6, 6.07) is 0. The second-order valence-corrected chi connectivity index (χ2v) is 3.85. The van der Waals surface area contributed by atoms with Crippen molar-refractivity contribution in [2.75, 3.05) is 19.8 Å². The maximum Gasteiger partial charge on any atom is 0.220 e. The summed E-state index contributed by atoms with van der Waals surface area (Å²) in [7, 11) is 0. The highest BCUT2D eigenvalue weighted by atomic mass is 16.5. The van der Waals surface area contributed by atoms with Crippen LogP contribution in [0.5, 0.6) is 0 Å². The van der Waals surface area contributed by atoms with Crippen molar-refractivity contribution < 1.29 is 9.53 Å². The smallest absolute Gasteiger partial charge is 0.220 e. The molecular weight excluding hydrogens is 178 g/mol. The molecule has 1 amide bonds. The minimum atomic E-state index is 0.163. The van der Waals surface area contributed by atoms with E-state index in [0.29, 0.717) is 12.3 Å². The monoisotopic (exact) mass is 201 g/mol. The molecule has 0 aromatic carbocycles. The fourth-order valence-corrected chi connectivity index (χ4v) is 1.14. The van der Waals surface area contributed by atoms with Gasteiger partial charge in [-0.2, -0.15) is 0 Å². The zero-order valence-electron chi connectivity index (χ0n) is 9.64. The lowest BCUT2D eigenvalue weighted by Gasteiger charge is -2.06. The summed E-state index contributed by atoms with van der Waals surface area (Å²) in [5, 5.41) is 2.90. The first-order valence-electron chi connectivity index (χ1n) is 5.51. The second kappa shape index (κ2) is 9.00. The minimum Gasteiger partial charge on any atom is -0.382 e. The van der Waals surface area contributed by atoms with Gasteiger partial charge < -0.3 is 10.1 Å². The first-order chi connectivity index (χ1) is 6.66. The topological polar surface area (TPSA) is 38.3 Å². The van der Waals surface area contributed by atoms with E-state index in [1.807, 2.05) is 6.92 Å². The lowest BCUT2D eigenvalue weighted by atomic mass is 10.1. The van der Waals surface area contributed by atoms with Crippen molar-refractivity contribution in [3.8, 4) is 0 Å². The zero-order valence-corrected chi connectivity index (χ0v) is 9.64. The first kappa shape index (κ1) is 13.4. The van der Waals surface area contributed by atoms with Gasteiger partial charge in [-0.1, -0.05) is 13.8 Å². The van der Waals surface area contributed by atoms with E-state index < -0.39 is 0 Å². The molecule has 84 valence electrons. The van der Waals surface area contributed by atoms with Crippen molar-refractivity contribution in [3.05, 3.63) is 0 Å². The molecule has 0 atom stereocenters. The molecule has 0 aliphatic rings. The largest absolute Gasteiger partial charge is 0.382 e. The molecule has 0 saturated heterocycles. The van der Waals surface area contributed by atoms with Gasteiger partial charge in [0, 0.05) is 26.2 Å². The van der Waals surface area contributed by atoms with Gasteiger partial charge in [0.05, 0.1) is 0 Å². The zero-order chi connectivity index (χ0) is 10.8. The number of hydrogen-bond acceptors (Lipinski definition) is 2. The second-order valence-electron chi connectivity index (χ2n) is 3.85. The van der Waals surface area contributed by atoms with E-state index in [1.165, 1.54) is 0 Å². The molecule has 0 heterocycles. The van der Waals surface area contributed by atoms with Crippen LogP contribution < -0.4 is 5.32 Å². The molecule has 0 aromatic rings. The highest BCUT2D eigenvalue weighted by Crippen LogP contribution is 1.98. The number of rotatable bonds is 8. The standard InChI is InChI=1S/C11H23NO2/c1-4-14-8-6-5-7-12-11(13)9-10(2)3/h10H,4-9H2,1-3H3,(H,12,13). The average molecular weight is 201 g/mol. The Morgan fingerprint density at radius 3 is 2.64 bits per heavy atom. The Bertz CT molecular complexity index is 146. The van der Waals surface area contributed by atoms with E-state index >= 15 is 0 Å². The van der Waals surface area contributed by atoms with Crippen LogP contribution in [0.4, 0.5) is 0 Å². The molecule has 3 nitrogen and oxygen atoms in total. The quantitative estimate of drug-likeness (QED) is 0.610. The van der Waals surface area contributed by atoms with Gasteiger partial charge >= 0.3 is 0 Å². The Labute approximate surface area is 87.2 Å². The highest BCUT2D eigenvalue weighted by molar-refractivity contribution is 5.75. The van der Waals surface area contributed by atoms with E-state index in [9.17, 15) is 4.79 Å². The highest BCUT2D eigenvalue weighted by Gasteiger charge is 2.02. The van der Waals surface area contributed by atoms with Crippen molar-refractivity contribution >= 4 is 5.91 Å². The molecule has 0 radical (unpaired) electrons. The summed E-state index contributed by atoms with van der Waals surface area (Å²) in [6.45, 7) is 8.45. The Kier molecular flexibility index (Phi) is 8.64. The number of unbranched alkanes of at least 4 members (excludes halogenated alkanes) is 1. The predicted molar refractivity (Wildman–Crippen MR) is 58.2 cm³/mol. The molecule has 0 unspecified atom stereocenters. The number of amides is 1. The predicted octanol–water partition coefficient (Wildman–Crippen LogP) is 1.97. The average Bonchev–Trinajstić information content (AvgIpc) is 2.10. The van der Waals surface area contributed by atoms with Crippen LogP contribution in [0.15, 0.2) is 0 Å². The number of hydrogen-bond donors (Lipinski definition) is 1. The molecular formula is C11H23NO2. The van der Waals surface area contributed by atoms with Crippen LogP contribution in [0, 0.1) is 5.92 Å². The molecule has 0 rings (SSSR count). The van der Waals surface area contributed by atoms with Crippen LogP contribution >= 0.6 is 0 Å². The summed E-state index contributed by atoms with van der Waals surface area (Å²) in [5.74, 6) is 0.606. The van der Waals surface area contributed by atoms with Gasteiger partial charge in [0.25, 0.3) is 0 Å². The van der Waals surface area contributed by atoms with Gasteiger partial charge in [-0.05, 0) is 25.7 Å². The molecule has 3 heteroatoms. The number of carbonyl (C=O) groups excluding carboxylic acids is 1. The van der Waals surface area contributed by atoms with E-state index in [0.717, 1.165) is 32.6 Å². The van der Waals surface area contributed by atoms with E-state index in [4.69, 9.17) is 4.74 Å². The first-order valence-corrected chi connectivity index (χ1v) is 5.51. The summed E-state index contributed by atoms with van der Waals surface area (Å²) in [6.07, 6.45) is 2.66. The molecule has 0 saturated carbocycles. The van der Waals surface area contributed by atoms with Gasteiger partial charge in [0.2, 0.25) is 5.91 Å². The van der Waals surface area contributed by atoms with E-state index in [1.54, 1.807) is 0 Å². The molecule has 0 fully saturated rings.